The summed E-state index contributed by atoms with van der Waals surface area (Å²) in [6, 6.07) is 18.7. The predicted molar refractivity (Wildman–Crippen MR) is 97.9 cm³/mol. The van der Waals surface area contributed by atoms with Gasteiger partial charge in [0.2, 0.25) is 0 Å². The lowest BCUT2D eigenvalue weighted by atomic mass is 10.1. The Bertz CT molecular complexity index is 970. The molecule has 118 valence electrons. The average molecular weight is 332 g/mol. The summed E-state index contributed by atoms with van der Waals surface area (Å²) < 4.78 is 3.32. The first-order chi connectivity index (χ1) is 11.9. The van der Waals surface area contributed by atoms with Gasteiger partial charge in [0.15, 0.2) is 5.13 Å². The van der Waals surface area contributed by atoms with Crippen LogP contribution in [0.5, 0.6) is 0 Å². The van der Waals surface area contributed by atoms with E-state index in [2.05, 4.69) is 57.1 Å². The summed E-state index contributed by atoms with van der Waals surface area (Å²) in [6.07, 6.45) is 2.99. The van der Waals surface area contributed by atoms with Crippen molar-refractivity contribution in [2.24, 2.45) is 0 Å². The Hall–Kier alpha value is -2.66. The minimum atomic E-state index is 0.877. The Morgan fingerprint density at radius 3 is 2.67 bits per heavy atom. The van der Waals surface area contributed by atoms with Crippen molar-refractivity contribution in [1.29, 1.82) is 0 Å². The summed E-state index contributed by atoms with van der Waals surface area (Å²) in [5.41, 5.74) is 4.83. The molecule has 0 N–H and O–H groups in total. The van der Waals surface area contributed by atoms with Crippen LogP contribution >= 0.6 is 11.3 Å². The fourth-order valence-corrected chi connectivity index (χ4v) is 4.27. The van der Waals surface area contributed by atoms with Gasteiger partial charge in [0, 0.05) is 25.1 Å². The van der Waals surface area contributed by atoms with Crippen molar-refractivity contribution in [3.63, 3.8) is 0 Å². The van der Waals surface area contributed by atoms with Crippen molar-refractivity contribution in [3.05, 3.63) is 72.1 Å². The van der Waals surface area contributed by atoms with E-state index in [-0.39, 0.29) is 0 Å². The smallest absolute Gasteiger partial charge is 0.186 e. The average Bonchev–Trinajstić information content (AvgIpc) is 3.26. The molecule has 5 heteroatoms. The van der Waals surface area contributed by atoms with Gasteiger partial charge in [0.05, 0.1) is 27.8 Å². The van der Waals surface area contributed by atoms with E-state index in [0.29, 0.717) is 0 Å². The Balaban J connectivity index is 1.48. The Morgan fingerprint density at radius 2 is 1.79 bits per heavy atom. The molecule has 4 aromatic rings. The summed E-state index contributed by atoms with van der Waals surface area (Å²) in [5.74, 6) is 0. The van der Waals surface area contributed by atoms with Crippen LogP contribution in [0.2, 0.25) is 0 Å². The molecule has 0 spiro atoms. The first-order valence-corrected chi connectivity index (χ1v) is 8.92. The van der Waals surface area contributed by atoms with E-state index in [1.165, 1.54) is 16.0 Å². The van der Waals surface area contributed by atoms with Crippen LogP contribution in [0.25, 0.3) is 15.9 Å². The van der Waals surface area contributed by atoms with Crippen LogP contribution in [0.1, 0.15) is 11.3 Å². The molecule has 4 nitrogen and oxygen atoms in total. The Morgan fingerprint density at radius 1 is 0.958 bits per heavy atom. The van der Waals surface area contributed by atoms with Crippen molar-refractivity contribution in [3.8, 4) is 5.69 Å². The largest absolute Gasteiger partial charge is 0.343 e. The lowest BCUT2D eigenvalue weighted by Gasteiger charge is -2.26. The van der Waals surface area contributed by atoms with Crippen LogP contribution < -0.4 is 4.90 Å². The van der Waals surface area contributed by atoms with Gasteiger partial charge in [0.25, 0.3) is 0 Å². The number of hydrogen-bond acceptors (Lipinski definition) is 4. The first-order valence-electron chi connectivity index (χ1n) is 8.10. The fourth-order valence-electron chi connectivity index (χ4n) is 3.28. The van der Waals surface area contributed by atoms with E-state index in [4.69, 9.17) is 4.98 Å². The lowest BCUT2D eigenvalue weighted by Crippen LogP contribution is -2.30. The summed E-state index contributed by atoms with van der Waals surface area (Å²) in [4.78, 5) is 7.16. The van der Waals surface area contributed by atoms with Crippen molar-refractivity contribution in [2.75, 3.05) is 11.4 Å². The number of aromatic nitrogens is 3. The molecule has 0 unspecified atom stereocenters. The standard InChI is InChI=1S/C19H16N4S/c1-2-6-15(7-3-1)23-17-10-11-22(13-14(17)12-20-23)19-21-16-8-4-5-9-18(16)24-19/h1-9,12H,10-11,13H2. The van der Waals surface area contributed by atoms with Crippen molar-refractivity contribution in [2.45, 2.75) is 13.0 Å². The number of nitrogens with zero attached hydrogens (tertiary/aromatic N) is 4. The third kappa shape index (κ3) is 2.20. The summed E-state index contributed by atoms with van der Waals surface area (Å²) in [5, 5.41) is 5.72. The molecule has 1 aliphatic heterocycles. The van der Waals surface area contributed by atoms with E-state index >= 15 is 0 Å². The van der Waals surface area contributed by atoms with Crippen LogP contribution in [0.3, 0.4) is 0 Å². The number of thiazole rings is 1. The third-order valence-corrected chi connectivity index (χ3v) is 5.59. The monoisotopic (exact) mass is 332 g/mol. The van der Waals surface area contributed by atoms with Gasteiger partial charge in [-0.25, -0.2) is 9.67 Å². The zero-order valence-corrected chi connectivity index (χ0v) is 13.9. The highest BCUT2D eigenvalue weighted by Crippen LogP contribution is 2.32. The second-order valence-electron chi connectivity index (χ2n) is 6.00. The fraction of sp³-hybridized carbons (Fsp3) is 0.158. The molecule has 0 bridgehead atoms. The number of benzene rings is 2. The van der Waals surface area contributed by atoms with Crippen LogP contribution in [-0.2, 0) is 13.0 Å². The second-order valence-corrected chi connectivity index (χ2v) is 7.01. The molecule has 3 heterocycles. The molecule has 0 fully saturated rings. The summed E-state index contributed by atoms with van der Waals surface area (Å²) in [7, 11) is 0. The molecule has 0 amide bonds. The van der Waals surface area contributed by atoms with Crippen molar-refractivity contribution >= 4 is 26.7 Å². The van der Waals surface area contributed by atoms with E-state index in [1.54, 1.807) is 11.3 Å². The molecule has 5 rings (SSSR count). The highest BCUT2D eigenvalue weighted by Gasteiger charge is 2.23. The van der Waals surface area contributed by atoms with Gasteiger partial charge in [-0.2, -0.15) is 5.10 Å². The molecule has 24 heavy (non-hydrogen) atoms. The quantitative estimate of drug-likeness (QED) is 0.555. The Kier molecular flexibility index (Phi) is 3.13. The molecule has 0 atom stereocenters. The number of anilines is 1. The molecule has 0 aliphatic carbocycles. The third-order valence-electron chi connectivity index (χ3n) is 4.49. The number of rotatable bonds is 2. The zero-order valence-electron chi connectivity index (χ0n) is 13.1. The van der Waals surface area contributed by atoms with Gasteiger partial charge >= 0.3 is 0 Å². The normalized spacial score (nSPS) is 14.1. The highest BCUT2D eigenvalue weighted by molar-refractivity contribution is 7.22. The topological polar surface area (TPSA) is 34.0 Å². The van der Waals surface area contributed by atoms with Gasteiger partial charge in [-0.15, -0.1) is 0 Å². The summed E-state index contributed by atoms with van der Waals surface area (Å²) in [6.45, 7) is 1.85. The molecule has 0 radical (unpaired) electrons. The van der Waals surface area contributed by atoms with Crippen molar-refractivity contribution in [1.82, 2.24) is 14.8 Å². The van der Waals surface area contributed by atoms with Gasteiger partial charge in [-0.1, -0.05) is 41.7 Å². The minimum absolute atomic E-state index is 0.877. The van der Waals surface area contributed by atoms with E-state index in [1.807, 2.05) is 18.3 Å². The van der Waals surface area contributed by atoms with E-state index < -0.39 is 0 Å². The number of fused-ring (bicyclic) bond motifs is 2. The van der Waals surface area contributed by atoms with Gasteiger partial charge < -0.3 is 4.90 Å². The molecular formula is C19H16N4S. The van der Waals surface area contributed by atoms with Gasteiger partial charge in [-0.05, 0) is 24.3 Å². The maximum atomic E-state index is 4.79. The molecule has 2 aromatic heterocycles. The van der Waals surface area contributed by atoms with Gasteiger partial charge in [0.1, 0.15) is 0 Å². The molecule has 0 saturated heterocycles. The zero-order chi connectivity index (χ0) is 15.9. The Labute approximate surface area is 144 Å². The first kappa shape index (κ1) is 13.7. The van der Waals surface area contributed by atoms with E-state index in [9.17, 15) is 0 Å². The number of hydrogen-bond donors (Lipinski definition) is 0. The molecule has 2 aromatic carbocycles. The van der Waals surface area contributed by atoms with Crippen LogP contribution in [-0.4, -0.2) is 21.3 Å². The van der Waals surface area contributed by atoms with Crippen LogP contribution in [0, 0.1) is 0 Å². The lowest BCUT2D eigenvalue weighted by molar-refractivity contribution is 0.692. The molecular weight excluding hydrogens is 316 g/mol. The SMILES string of the molecule is c1ccc(-n2ncc3c2CCN(c2nc4ccccc4s2)C3)cc1. The van der Waals surface area contributed by atoms with Crippen LogP contribution in [0.15, 0.2) is 60.8 Å². The number of para-hydroxylation sites is 2. The molecule has 1 aliphatic rings. The van der Waals surface area contributed by atoms with Gasteiger partial charge in [-0.3, -0.25) is 0 Å². The highest BCUT2D eigenvalue weighted by atomic mass is 32.1. The maximum absolute atomic E-state index is 4.79. The summed E-state index contributed by atoms with van der Waals surface area (Å²) >= 11 is 1.77. The van der Waals surface area contributed by atoms with Crippen molar-refractivity contribution < 1.29 is 0 Å². The van der Waals surface area contributed by atoms with Crippen LogP contribution in [0.4, 0.5) is 5.13 Å². The second kappa shape index (κ2) is 5.46. The maximum Gasteiger partial charge on any atom is 0.186 e. The predicted octanol–water partition coefficient (Wildman–Crippen LogP) is 4.04. The minimum Gasteiger partial charge on any atom is -0.343 e. The van der Waals surface area contributed by atoms with E-state index in [0.717, 1.165) is 35.8 Å². The molecule has 0 saturated carbocycles.